The number of hydrogen-bond donors (Lipinski definition) is 0. The maximum absolute atomic E-state index is 6.14. The summed E-state index contributed by atoms with van der Waals surface area (Å²) in [5.41, 5.74) is 2.18. The van der Waals surface area contributed by atoms with Crippen LogP contribution in [0.4, 0.5) is 0 Å². The van der Waals surface area contributed by atoms with Crippen LogP contribution in [0.2, 0.25) is 5.28 Å². The number of benzene rings is 2. The first-order valence-corrected chi connectivity index (χ1v) is 9.26. The number of para-hydroxylation sites is 1. The van der Waals surface area contributed by atoms with Crippen LogP contribution in [0.25, 0.3) is 11.2 Å². The SMILES string of the molecule is COc1ccc(Cn2c(Br)nc3c(Oc4ccccc4)nc(Cl)nc32)cc1. The summed E-state index contributed by atoms with van der Waals surface area (Å²) in [7, 11) is 1.64. The molecule has 2 aromatic carbocycles. The number of methoxy groups -OCH3 is 1. The Morgan fingerprint density at radius 1 is 0.963 bits per heavy atom. The Labute approximate surface area is 168 Å². The summed E-state index contributed by atoms with van der Waals surface area (Å²) in [6.45, 7) is 0.555. The maximum Gasteiger partial charge on any atom is 0.252 e. The fraction of sp³-hybridized carbons (Fsp3) is 0.105. The Hall–Kier alpha value is -2.64. The molecule has 2 heterocycles. The predicted octanol–water partition coefficient (Wildman–Crippen LogP) is 5.09. The third kappa shape index (κ3) is 3.74. The van der Waals surface area contributed by atoms with Crippen LogP contribution in [0.15, 0.2) is 59.3 Å². The van der Waals surface area contributed by atoms with Gasteiger partial charge < -0.3 is 9.47 Å². The van der Waals surface area contributed by atoms with Crippen LogP contribution in [0.1, 0.15) is 5.56 Å². The topological polar surface area (TPSA) is 62.1 Å². The number of imidazole rings is 1. The smallest absolute Gasteiger partial charge is 0.252 e. The highest BCUT2D eigenvalue weighted by atomic mass is 79.9. The van der Waals surface area contributed by atoms with E-state index in [4.69, 9.17) is 21.1 Å². The van der Waals surface area contributed by atoms with E-state index in [1.807, 2.05) is 59.2 Å². The van der Waals surface area contributed by atoms with E-state index in [1.165, 1.54) is 0 Å². The molecule has 0 radical (unpaired) electrons. The van der Waals surface area contributed by atoms with Gasteiger partial charge in [-0.05, 0) is 57.4 Å². The molecule has 0 N–H and O–H groups in total. The highest BCUT2D eigenvalue weighted by Crippen LogP contribution is 2.30. The van der Waals surface area contributed by atoms with Gasteiger partial charge in [0.25, 0.3) is 5.88 Å². The first kappa shape index (κ1) is 17.8. The van der Waals surface area contributed by atoms with Gasteiger partial charge in [0.2, 0.25) is 5.28 Å². The molecule has 0 unspecified atom stereocenters. The molecule has 6 nitrogen and oxygen atoms in total. The fourth-order valence-electron chi connectivity index (χ4n) is 2.65. The van der Waals surface area contributed by atoms with Crippen LogP contribution in [0.3, 0.4) is 0 Å². The molecule has 2 aromatic heterocycles. The molecule has 8 heteroatoms. The molecule has 0 atom stereocenters. The van der Waals surface area contributed by atoms with Crippen LogP contribution in [-0.2, 0) is 6.54 Å². The van der Waals surface area contributed by atoms with Crippen LogP contribution >= 0.6 is 27.5 Å². The van der Waals surface area contributed by atoms with Crippen LogP contribution in [-0.4, -0.2) is 26.6 Å². The van der Waals surface area contributed by atoms with Gasteiger partial charge in [-0.15, -0.1) is 0 Å². The van der Waals surface area contributed by atoms with Crippen LogP contribution in [0, 0.1) is 0 Å². The highest BCUT2D eigenvalue weighted by Gasteiger charge is 2.18. The van der Waals surface area contributed by atoms with Gasteiger partial charge in [0.15, 0.2) is 15.9 Å². The maximum atomic E-state index is 6.14. The third-order valence-electron chi connectivity index (χ3n) is 3.95. The summed E-state index contributed by atoms with van der Waals surface area (Å²) in [4.78, 5) is 13.1. The largest absolute Gasteiger partial charge is 0.497 e. The van der Waals surface area contributed by atoms with Crippen molar-refractivity contribution < 1.29 is 9.47 Å². The molecule has 0 aliphatic carbocycles. The molecule has 27 heavy (non-hydrogen) atoms. The summed E-state index contributed by atoms with van der Waals surface area (Å²) in [6, 6.07) is 17.2. The van der Waals surface area contributed by atoms with Crippen molar-refractivity contribution in [1.29, 1.82) is 0 Å². The van der Waals surface area contributed by atoms with Crippen molar-refractivity contribution in [2.45, 2.75) is 6.54 Å². The molecule has 0 aliphatic rings. The number of ether oxygens (including phenoxy) is 2. The van der Waals surface area contributed by atoms with Gasteiger partial charge in [0.05, 0.1) is 13.7 Å². The van der Waals surface area contributed by atoms with E-state index in [9.17, 15) is 0 Å². The Balaban J connectivity index is 1.74. The van der Waals surface area contributed by atoms with Crippen molar-refractivity contribution in [3.8, 4) is 17.4 Å². The molecule has 0 aliphatic heterocycles. The average Bonchev–Trinajstić information content (AvgIpc) is 2.99. The molecule has 4 rings (SSSR count). The van der Waals surface area contributed by atoms with Crippen molar-refractivity contribution in [3.05, 3.63) is 70.2 Å². The minimum atomic E-state index is 0.0943. The Kier molecular flexibility index (Phi) is 4.96. The minimum absolute atomic E-state index is 0.0943. The predicted molar refractivity (Wildman–Crippen MR) is 107 cm³/mol. The second kappa shape index (κ2) is 7.54. The molecule has 0 saturated heterocycles. The van der Waals surface area contributed by atoms with Gasteiger partial charge in [-0.3, -0.25) is 4.57 Å². The lowest BCUT2D eigenvalue weighted by Crippen LogP contribution is -2.02. The summed E-state index contributed by atoms with van der Waals surface area (Å²) in [5, 5.41) is 0.0943. The summed E-state index contributed by atoms with van der Waals surface area (Å²) >= 11 is 9.64. The van der Waals surface area contributed by atoms with Crippen molar-refractivity contribution in [1.82, 2.24) is 19.5 Å². The zero-order chi connectivity index (χ0) is 18.8. The number of aromatic nitrogens is 4. The van der Waals surface area contributed by atoms with Gasteiger partial charge >= 0.3 is 0 Å². The van der Waals surface area contributed by atoms with Crippen molar-refractivity contribution in [3.63, 3.8) is 0 Å². The zero-order valence-corrected chi connectivity index (χ0v) is 16.6. The molecule has 4 aromatic rings. The van der Waals surface area contributed by atoms with Gasteiger partial charge in [-0.1, -0.05) is 30.3 Å². The van der Waals surface area contributed by atoms with Crippen molar-refractivity contribution in [2.75, 3.05) is 7.11 Å². The monoisotopic (exact) mass is 444 g/mol. The first-order chi connectivity index (χ1) is 13.1. The average molecular weight is 446 g/mol. The minimum Gasteiger partial charge on any atom is -0.497 e. The van der Waals surface area contributed by atoms with Crippen LogP contribution < -0.4 is 9.47 Å². The third-order valence-corrected chi connectivity index (χ3v) is 4.72. The van der Waals surface area contributed by atoms with Crippen molar-refractivity contribution in [2.24, 2.45) is 0 Å². The molecule has 0 bridgehead atoms. The van der Waals surface area contributed by atoms with Crippen molar-refractivity contribution >= 4 is 38.7 Å². The molecule has 136 valence electrons. The second-order valence-electron chi connectivity index (χ2n) is 5.70. The zero-order valence-electron chi connectivity index (χ0n) is 14.3. The number of halogens is 2. The number of hydrogen-bond acceptors (Lipinski definition) is 5. The molecule has 0 fully saturated rings. The van der Waals surface area contributed by atoms with E-state index in [0.717, 1.165) is 11.3 Å². The van der Waals surface area contributed by atoms with Gasteiger partial charge in [0.1, 0.15) is 11.5 Å². The normalized spacial score (nSPS) is 10.9. The van der Waals surface area contributed by atoms with E-state index in [2.05, 4.69) is 30.9 Å². The van der Waals surface area contributed by atoms with E-state index in [-0.39, 0.29) is 5.28 Å². The van der Waals surface area contributed by atoms with Gasteiger partial charge in [-0.2, -0.15) is 9.97 Å². The van der Waals surface area contributed by atoms with E-state index >= 15 is 0 Å². The molecular formula is C19H14BrClN4O2. The molecule has 0 saturated carbocycles. The Morgan fingerprint density at radius 2 is 1.70 bits per heavy atom. The highest BCUT2D eigenvalue weighted by molar-refractivity contribution is 9.10. The standard InChI is InChI=1S/C19H14BrClN4O2/c1-26-13-9-7-12(8-10-13)11-25-16-15(22-18(25)20)17(24-19(21)23-16)27-14-5-3-2-4-6-14/h2-10H,11H2,1H3. The Bertz CT molecular complexity index is 1080. The van der Waals surface area contributed by atoms with Gasteiger partial charge in [0, 0.05) is 0 Å². The molecule has 0 amide bonds. The summed E-state index contributed by atoms with van der Waals surface area (Å²) in [6.07, 6.45) is 0. The summed E-state index contributed by atoms with van der Waals surface area (Å²) < 4.78 is 13.6. The van der Waals surface area contributed by atoms with E-state index in [1.54, 1.807) is 7.11 Å². The van der Waals surface area contributed by atoms with E-state index in [0.29, 0.717) is 34.1 Å². The Morgan fingerprint density at radius 3 is 2.41 bits per heavy atom. The number of fused-ring (bicyclic) bond motifs is 1. The summed E-state index contributed by atoms with van der Waals surface area (Å²) in [5.74, 6) is 1.76. The number of nitrogens with zero attached hydrogens (tertiary/aromatic N) is 4. The lowest BCUT2D eigenvalue weighted by molar-refractivity contribution is 0.414. The quantitative estimate of drug-likeness (QED) is 0.316. The van der Waals surface area contributed by atoms with Gasteiger partial charge in [-0.25, -0.2) is 4.98 Å². The molecule has 0 spiro atoms. The fourth-order valence-corrected chi connectivity index (χ4v) is 3.28. The molecular weight excluding hydrogens is 432 g/mol. The van der Waals surface area contributed by atoms with E-state index < -0.39 is 0 Å². The lowest BCUT2D eigenvalue weighted by Gasteiger charge is -2.08. The second-order valence-corrected chi connectivity index (χ2v) is 6.75. The first-order valence-electron chi connectivity index (χ1n) is 8.09. The lowest BCUT2D eigenvalue weighted by atomic mass is 10.2. The number of rotatable bonds is 5. The van der Waals surface area contributed by atoms with Crippen LogP contribution in [0.5, 0.6) is 17.4 Å².